The van der Waals surface area contributed by atoms with E-state index in [1.54, 1.807) is 24.3 Å². The van der Waals surface area contributed by atoms with Gasteiger partial charge in [-0.15, -0.1) is 0 Å². The molecule has 0 spiro atoms. The molecule has 0 aromatic heterocycles. The second kappa shape index (κ2) is 7.83. The zero-order valence-corrected chi connectivity index (χ0v) is 11.9. The molecule has 0 aliphatic rings. The lowest BCUT2D eigenvalue weighted by Gasteiger charge is -2.12. The summed E-state index contributed by atoms with van der Waals surface area (Å²) in [5, 5.41) is 11.3. The fourth-order valence-electron chi connectivity index (χ4n) is 2.00. The van der Waals surface area contributed by atoms with Gasteiger partial charge in [-0.1, -0.05) is 42.5 Å². The molecular formula is C17H17NO4. The van der Waals surface area contributed by atoms with Crippen LogP contribution in [0, 0.1) is 0 Å². The molecule has 22 heavy (non-hydrogen) atoms. The molecule has 2 rings (SSSR count). The summed E-state index contributed by atoms with van der Waals surface area (Å²) in [6.45, 7) is 0.477. The number of amides is 1. The van der Waals surface area contributed by atoms with Crippen LogP contribution in [-0.4, -0.2) is 23.5 Å². The van der Waals surface area contributed by atoms with Crippen LogP contribution < -0.4 is 10.1 Å². The molecule has 0 saturated heterocycles. The Kier molecular flexibility index (Phi) is 5.54. The van der Waals surface area contributed by atoms with E-state index in [4.69, 9.17) is 9.84 Å². The summed E-state index contributed by atoms with van der Waals surface area (Å²) in [7, 11) is 0. The number of nitrogens with one attached hydrogen (secondary N) is 1. The number of aliphatic carboxylic acids is 1. The molecule has 2 aromatic carbocycles. The Bertz CT molecular complexity index is 610. The maximum absolute atomic E-state index is 11.0. The number of carbonyl (C=O) groups is 2. The van der Waals surface area contributed by atoms with E-state index in [1.165, 1.54) is 0 Å². The number of hydrogen-bond acceptors (Lipinski definition) is 3. The molecule has 0 bridgehead atoms. The monoisotopic (exact) mass is 299 g/mol. The van der Waals surface area contributed by atoms with Crippen LogP contribution in [0.3, 0.4) is 0 Å². The summed E-state index contributed by atoms with van der Waals surface area (Å²) in [5.41, 5.74) is 1.89. The van der Waals surface area contributed by atoms with E-state index in [0.717, 1.165) is 11.1 Å². The van der Waals surface area contributed by atoms with Gasteiger partial charge in [-0.3, -0.25) is 4.79 Å². The molecule has 0 saturated carbocycles. The van der Waals surface area contributed by atoms with Crippen LogP contribution in [0.1, 0.15) is 11.1 Å². The summed E-state index contributed by atoms with van der Waals surface area (Å²) in [6, 6.07) is 16.1. The summed E-state index contributed by atoms with van der Waals surface area (Å²) in [6.07, 6.45) is 0.628. The minimum Gasteiger partial charge on any atom is -0.489 e. The summed E-state index contributed by atoms with van der Waals surface area (Å²) in [4.78, 5) is 21.4. The van der Waals surface area contributed by atoms with Crippen LogP contribution in [-0.2, 0) is 22.6 Å². The van der Waals surface area contributed by atoms with Crippen molar-refractivity contribution in [1.82, 2.24) is 5.32 Å². The van der Waals surface area contributed by atoms with Gasteiger partial charge in [0.1, 0.15) is 18.4 Å². The highest BCUT2D eigenvalue weighted by molar-refractivity contribution is 5.76. The highest BCUT2D eigenvalue weighted by Gasteiger charge is 2.16. The van der Waals surface area contributed by atoms with Gasteiger partial charge in [0.15, 0.2) is 0 Å². The zero-order chi connectivity index (χ0) is 15.8. The molecule has 2 aromatic rings. The lowest BCUT2D eigenvalue weighted by Crippen LogP contribution is -2.37. The van der Waals surface area contributed by atoms with Crippen molar-refractivity contribution in [3.8, 4) is 5.75 Å². The van der Waals surface area contributed by atoms with Crippen molar-refractivity contribution in [3.63, 3.8) is 0 Å². The van der Waals surface area contributed by atoms with Gasteiger partial charge in [0.05, 0.1) is 0 Å². The van der Waals surface area contributed by atoms with Crippen LogP contribution in [0.5, 0.6) is 5.75 Å². The average Bonchev–Trinajstić information content (AvgIpc) is 2.54. The number of ether oxygens (including phenoxy) is 1. The Balaban J connectivity index is 1.92. The van der Waals surface area contributed by atoms with Gasteiger partial charge in [-0.25, -0.2) is 4.79 Å². The number of carboxylic acid groups (broad SMARTS) is 1. The van der Waals surface area contributed by atoms with E-state index < -0.39 is 12.0 Å². The molecule has 0 aliphatic carbocycles. The molecular weight excluding hydrogens is 282 g/mol. The van der Waals surface area contributed by atoms with Crippen LogP contribution in [0.2, 0.25) is 0 Å². The van der Waals surface area contributed by atoms with Crippen LogP contribution in [0.15, 0.2) is 54.6 Å². The van der Waals surface area contributed by atoms with Gasteiger partial charge in [-0.2, -0.15) is 0 Å². The molecule has 0 heterocycles. The molecule has 5 heteroatoms. The zero-order valence-electron chi connectivity index (χ0n) is 11.9. The van der Waals surface area contributed by atoms with E-state index in [0.29, 0.717) is 18.8 Å². The lowest BCUT2D eigenvalue weighted by atomic mass is 10.1. The number of benzene rings is 2. The largest absolute Gasteiger partial charge is 0.489 e. The number of carboxylic acids is 1. The van der Waals surface area contributed by atoms with E-state index in [2.05, 4.69) is 5.32 Å². The highest BCUT2D eigenvalue weighted by Crippen LogP contribution is 2.15. The second-order valence-corrected chi connectivity index (χ2v) is 4.80. The summed E-state index contributed by atoms with van der Waals surface area (Å²) >= 11 is 0. The van der Waals surface area contributed by atoms with E-state index >= 15 is 0 Å². The quantitative estimate of drug-likeness (QED) is 0.731. The predicted molar refractivity (Wildman–Crippen MR) is 81.5 cm³/mol. The number of rotatable bonds is 8. The topological polar surface area (TPSA) is 75.6 Å². The Morgan fingerprint density at radius 3 is 2.36 bits per heavy atom. The maximum atomic E-state index is 11.0. The Morgan fingerprint density at radius 1 is 1.09 bits per heavy atom. The summed E-state index contributed by atoms with van der Waals surface area (Å²) in [5.74, 6) is -0.348. The first-order chi connectivity index (χ1) is 10.7. The predicted octanol–water partition coefficient (Wildman–Crippen LogP) is 2.01. The van der Waals surface area contributed by atoms with Gasteiger partial charge >= 0.3 is 5.97 Å². The molecule has 1 unspecified atom stereocenters. The van der Waals surface area contributed by atoms with Gasteiger partial charge in [0, 0.05) is 6.42 Å². The van der Waals surface area contributed by atoms with Crippen LogP contribution in [0.4, 0.5) is 0 Å². The molecule has 1 amide bonds. The van der Waals surface area contributed by atoms with Crippen molar-refractivity contribution in [1.29, 1.82) is 0 Å². The Morgan fingerprint density at radius 2 is 1.77 bits per heavy atom. The van der Waals surface area contributed by atoms with Crippen molar-refractivity contribution in [2.45, 2.75) is 19.1 Å². The van der Waals surface area contributed by atoms with Crippen molar-refractivity contribution < 1.29 is 19.4 Å². The van der Waals surface area contributed by atoms with Crippen molar-refractivity contribution in [3.05, 3.63) is 65.7 Å². The maximum Gasteiger partial charge on any atom is 0.326 e. The first-order valence-electron chi connectivity index (χ1n) is 6.87. The Hall–Kier alpha value is -2.82. The lowest BCUT2D eigenvalue weighted by molar-refractivity contribution is -0.140. The van der Waals surface area contributed by atoms with Crippen molar-refractivity contribution >= 4 is 12.4 Å². The fraction of sp³-hybridized carbons (Fsp3) is 0.176. The van der Waals surface area contributed by atoms with Crippen LogP contribution >= 0.6 is 0 Å². The first kappa shape index (κ1) is 15.6. The van der Waals surface area contributed by atoms with Gasteiger partial charge in [0.25, 0.3) is 0 Å². The molecule has 114 valence electrons. The third-order valence-electron chi connectivity index (χ3n) is 3.18. The number of carbonyl (C=O) groups excluding carboxylic acids is 1. The number of hydrogen-bond donors (Lipinski definition) is 2. The van der Waals surface area contributed by atoms with Crippen molar-refractivity contribution in [2.75, 3.05) is 0 Å². The second-order valence-electron chi connectivity index (χ2n) is 4.80. The normalized spacial score (nSPS) is 11.5. The minimum absolute atomic E-state index is 0.229. The van der Waals surface area contributed by atoms with Crippen molar-refractivity contribution in [2.24, 2.45) is 0 Å². The van der Waals surface area contributed by atoms with Crippen LogP contribution in [0.25, 0.3) is 0 Å². The summed E-state index contributed by atoms with van der Waals surface area (Å²) < 4.78 is 5.66. The third-order valence-corrected chi connectivity index (χ3v) is 3.18. The fourth-order valence-corrected chi connectivity index (χ4v) is 2.00. The van der Waals surface area contributed by atoms with Gasteiger partial charge in [0.2, 0.25) is 6.41 Å². The molecule has 2 N–H and O–H groups in total. The SMILES string of the molecule is O=CNC(Cc1ccc(OCc2ccccc2)cc1)C(=O)O. The van der Waals surface area contributed by atoms with E-state index in [1.807, 2.05) is 30.3 Å². The first-order valence-corrected chi connectivity index (χ1v) is 6.87. The van der Waals surface area contributed by atoms with Gasteiger partial charge < -0.3 is 15.2 Å². The van der Waals surface area contributed by atoms with E-state index in [-0.39, 0.29) is 6.42 Å². The smallest absolute Gasteiger partial charge is 0.326 e. The molecule has 0 fully saturated rings. The Labute approximate surface area is 128 Å². The molecule has 5 nitrogen and oxygen atoms in total. The van der Waals surface area contributed by atoms with E-state index in [9.17, 15) is 9.59 Å². The standard InChI is InChI=1S/C17H17NO4/c19-12-18-16(17(20)21)10-13-6-8-15(9-7-13)22-11-14-4-2-1-3-5-14/h1-9,12,16H,10-11H2,(H,18,19)(H,20,21). The highest BCUT2D eigenvalue weighted by atomic mass is 16.5. The minimum atomic E-state index is -1.06. The third kappa shape index (κ3) is 4.63. The molecule has 0 radical (unpaired) electrons. The average molecular weight is 299 g/mol. The van der Waals surface area contributed by atoms with Gasteiger partial charge in [-0.05, 0) is 23.3 Å². The molecule has 1 atom stereocenters. The molecule has 0 aliphatic heterocycles.